The predicted molar refractivity (Wildman–Crippen MR) is 176 cm³/mol. The number of allylic oxidation sites excluding steroid dienone is 2. The molecular formula is C38H24O8. The molecule has 0 radical (unpaired) electrons. The van der Waals surface area contributed by atoms with Crippen LogP contribution in [0.1, 0.15) is 31.8 Å². The van der Waals surface area contributed by atoms with E-state index >= 15 is 0 Å². The molecule has 0 spiro atoms. The van der Waals surface area contributed by atoms with E-state index in [0.717, 1.165) is 0 Å². The lowest BCUT2D eigenvalue weighted by atomic mass is 9.90. The molecule has 2 heterocycles. The van der Waals surface area contributed by atoms with Crippen LogP contribution in [-0.2, 0) is 0 Å². The Kier molecular flexibility index (Phi) is 7.02. The molecule has 0 unspecified atom stereocenters. The van der Waals surface area contributed by atoms with Gasteiger partial charge in [0.15, 0.2) is 11.6 Å². The lowest BCUT2D eigenvalue weighted by Gasteiger charge is -2.15. The maximum absolute atomic E-state index is 12.6. The third kappa shape index (κ3) is 4.55. The van der Waals surface area contributed by atoms with Crippen molar-refractivity contribution in [2.75, 3.05) is 14.2 Å². The summed E-state index contributed by atoms with van der Waals surface area (Å²) in [7, 11) is 3.11. The van der Waals surface area contributed by atoms with Gasteiger partial charge in [-0.1, -0.05) is 60.7 Å². The Bertz CT molecular complexity index is 2250. The second-order valence-corrected chi connectivity index (χ2v) is 10.5. The molecular weight excluding hydrogens is 584 g/mol. The van der Waals surface area contributed by atoms with Gasteiger partial charge in [-0.2, -0.15) is 0 Å². The minimum absolute atomic E-state index is 0.0945. The fourth-order valence-electron chi connectivity index (χ4n) is 6.01. The largest absolute Gasteiger partial charge is 0.496 e. The van der Waals surface area contributed by atoms with E-state index in [0.29, 0.717) is 77.9 Å². The van der Waals surface area contributed by atoms with Crippen LogP contribution in [0.5, 0.6) is 11.5 Å². The summed E-state index contributed by atoms with van der Waals surface area (Å²) in [6.45, 7) is 0. The first kappa shape index (κ1) is 28.5. The normalized spacial score (nSPS) is 12.7. The number of ketones is 2. The summed E-state index contributed by atoms with van der Waals surface area (Å²) in [6, 6.07) is 24.8. The standard InChI is InChI=1S/2C19H12O4/c2*1-22-15-7-3-2-5-12(15)18-13-9-10-14(20)11-6-4-8-16(17(11)13)23-19(18)21/h2*2-10H,1H3. The number of ether oxygens (including phenoxy) is 2. The molecule has 8 heteroatoms. The quantitative estimate of drug-likeness (QED) is 0.191. The number of hydrogen-bond donors (Lipinski definition) is 0. The van der Waals surface area contributed by atoms with Crippen LogP contribution in [0.25, 0.3) is 56.3 Å². The van der Waals surface area contributed by atoms with Crippen molar-refractivity contribution in [3.63, 3.8) is 0 Å². The van der Waals surface area contributed by atoms with Gasteiger partial charge in [0.2, 0.25) is 0 Å². The summed E-state index contributed by atoms with van der Waals surface area (Å²) in [5, 5.41) is 1.33. The zero-order valence-corrected chi connectivity index (χ0v) is 24.7. The number of para-hydroxylation sites is 2. The monoisotopic (exact) mass is 608 g/mol. The fourth-order valence-corrected chi connectivity index (χ4v) is 6.01. The molecule has 0 N–H and O–H groups in total. The van der Waals surface area contributed by atoms with Gasteiger partial charge in [0.25, 0.3) is 0 Å². The molecule has 8 nitrogen and oxygen atoms in total. The first-order valence-corrected chi connectivity index (χ1v) is 14.3. The molecule has 2 aliphatic rings. The van der Waals surface area contributed by atoms with Crippen LogP contribution >= 0.6 is 0 Å². The molecule has 0 saturated carbocycles. The van der Waals surface area contributed by atoms with Crippen LogP contribution in [-0.4, -0.2) is 25.8 Å². The Balaban J connectivity index is 0.000000147. The molecule has 0 aliphatic heterocycles. The maximum Gasteiger partial charge on any atom is 0.344 e. The van der Waals surface area contributed by atoms with E-state index in [2.05, 4.69) is 0 Å². The van der Waals surface area contributed by atoms with E-state index in [1.165, 1.54) is 12.2 Å². The molecule has 0 fully saturated rings. The molecule has 4 aromatic carbocycles. The number of benzene rings is 4. The molecule has 8 rings (SSSR count). The van der Waals surface area contributed by atoms with Crippen molar-refractivity contribution < 1.29 is 27.9 Å². The van der Waals surface area contributed by atoms with Crippen LogP contribution in [0.15, 0.2) is 116 Å². The van der Waals surface area contributed by atoms with Gasteiger partial charge >= 0.3 is 11.3 Å². The Morgan fingerprint density at radius 3 is 1.26 bits per heavy atom. The topological polar surface area (TPSA) is 113 Å². The Morgan fingerprint density at radius 2 is 0.848 bits per heavy atom. The van der Waals surface area contributed by atoms with Gasteiger partial charge < -0.3 is 18.3 Å². The summed E-state index contributed by atoms with van der Waals surface area (Å²) in [4.78, 5) is 49.3. The molecule has 0 amide bonds. The SMILES string of the molecule is COc1ccccc1-c1c2c3c(cccc3oc1=O)C(=O)C=C2.COc1ccccc1-c1c2c3c(cccc3oc1=O)C(=O)C=C2. The summed E-state index contributed by atoms with van der Waals surface area (Å²) >= 11 is 0. The minimum Gasteiger partial charge on any atom is -0.496 e. The van der Waals surface area contributed by atoms with Gasteiger partial charge in [-0.25, -0.2) is 9.59 Å². The zero-order chi connectivity index (χ0) is 31.9. The van der Waals surface area contributed by atoms with Crippen LogP contribution in [0.4, 0.5) is 0 Å². The van der Waals surface area contributed by atoms with E-state index in [4.69, 9.17) is 18.3 Å². The van der Waals surface area contributed by atoms with Crippen molar-refractivity contribution in [3.8, 4) is 33.8 Å². The smallest absolute Gasteiger partial charge is 0.344 e. The summed E-state index contributed by atoms with van der Waals surface area (Å²) in [5.41, 5.74) is 4.51. The van der Waals surface area contributed by atoms with Gasteiger partial charge in [0.1, 0.15) is 22.7 Å². The van der Waals surface area contributed by atoms with Gasteiger partial charge in [-0.3, -0.25) is 9.59 Å². The molecule has 2 aromatic heterocycles. The third-order valence-corrected chi connectivity index (χ3v) is 8.03. The Labute approximate surface area is 261 Å². The van der Waals surface area contributed by atoms with E-state index in [1.807, 2.05) is 24.3 Å². The highest BCUT2D eigenvalue weighted by Gasteiger charge is 2.25. The second kappa shape index (κ2) is 11.3. The zero-order valence-electron chi connectivity index (χ0n) is 24.7. The number of carbonyl (C=O) groups is 2. The Morgan fingerprint density at radius 1 is 0.457 bits per heavy atom. The average Bonchev–Trinajstić information content (AvgIpc) is 3.08. The van der Waals surface area contributed by atoms with Crippen molar-refractivity contribution >= 4 is 45.7 Å². The molecule has 46 heavy (non-hydrogen) atoms. The lowest BCUT2D eigenvalue weighted by molar-refractivity contribution is 0.104. The number of rotatable bonds is 4. The van der Waals surface area contributed by atoms with Gasteiger partial charge in [0, 0.05) is 44.2 Å². The number of hydrogen-bond acceptors (Lipinski definition) is 8. The molecule has 224 valence electrons. The molecule has 2 aliphatic carbocycles. The van der Waals surface area contributed by atoms with Crippen molar-refractivity contribution in [2.24, 2.45) is 0 Å². The highest BCUT2D eigenvalue weighted by atomic mass is 16.5. The maximum atomic E-state index is 12.6. The van der Waals surface area contributed by atoms with Crippen LogP contribution in [0, 0.1) is 0 Å². The predicted octanol–water partition coefficient (Wildman–Crippen LogP) is 7.36. The summed E-state index contributed by atoms with van der Waals surface area (Å²) in [6.07, 6.45) is 6.32. The molecule has 0 bridgehead atoms. The summed E-state index contributed by atoms with van der Waals surface area (Å²) < 4.78 is 21.6. The molecule has 6 aromatic rings. The van der Waals surface area contributed by atoms with Gasteiger partial charge in [-0.05, 0) is 48.6 Å². The average molecular weight is 609 g/mol. The van der Waals surface area contributed by atoms with Crippen molar-refractivity contribution in [1.29, 1.82) is 0 Å². The third-order valence-electron chi connectivity index (χ3n) is 8.03. The lowest BCUT2D eigenvalue weighted by Crippen LogP contribution is -2.11. The fraction of sp³-hybridized carbons (Fsp3) is 0.0526. The van der Waals surface area contributed by atoms with Crippen molar-refractivity contribution in [2.45, 2.75) is 0 Å². The summed E-state index contributed by atoms with van der Waals surface area (Å²) in [5.74, 6) is 0.974. The first-order chi connectivity index (χ1) is 22.4. The first-order valence-electron chi connectivity index (χ1n) is 14.3. The van der Waals surface area contributed by atoms with Crippen molar-refractivity contribution in [1.82, 2.24) is 0 Å². The van der Waals surface area contributed by atoms with E-state index in [-0.39, 0.29) is 11.6 Å². The Hall–Kier alpha value is -6.28. The number of methoxy groups -OCH3 is 2. The van der Waals surface area contributed by atoms with Gasteiger partial charge in [-0.15, -0.1) is 0 Å². The van der Waals surface area contributed by atoms with E-state index < -0.39 is 11.3 Å². The van der Waals surface area contributed by atoms with Crippen LogP contribution < -0.4 is 20.7 Å². The minimum atomic E-state index is -0.451. The van der Waals surface area contributed by atoms with Crippen LogP contribution in [0.2, 0.25) is 0 Å². The second-order valence-electron chi connectivity index (χ2n) is 10.5. The number of carbonyl (C=O) groups excluding carboxylic acids is 2. The highest BCUT2D eigenvalue weighted by molar-refractivity contribution is 6.21. The van der Waals surface area contributed by atoms with Crippen molar-refractivity contribution in [3.05, 3.63) is 140 Å². The van der Waals surface area contributed by atoms with Gasteiger partial charge in [0.05, 0.1) is 25.3 Å². The van der Waals surface area contributed by atoms with E-state index in [1.54, 1.807) is 87.0 Å². The molecule has 0 saturated heterocycles. The van der Waals surface area contributed by atoms with E-state index in [9.17, 15) is 19.2 Å². The highest BCUT2D eigenvalue weighted by Crippen LogP contribution is 2.38. The molecule has 0 atom stereocenters. The van der Waals surface area contributed by atoms with Crippen LogP contribution in [0.3, 0.4) is 0 Å².